The predicted molar refractivity (Wildman–Crippen MR) is 137 cm³/mol. The number of hydrogen-bond acceptors (Lipinski definition) is 6. The molecule has 2 saturated carbocycles. The van der Waals surface area contributed by atoms with Gasteiger partial charge in [-0.05, 0) is 43.0 Å². The summed E-state index contributed by atoms with van der Waals surface area (Å²) in [6.07, 6.45) is 9.86. The van der Waals surface area contributed by atoms with Gasteiger partial charge < -0.3 is 11.1 Å². The van der Waals surface area contributed by atoms with Gasteiger partial charge in [0.15, 0.2) is 15.9 Å². The van der Waals surface area contributed by atoms with E-state index in [1.807, 2.05) is 0 Å². The molecule has 11 heteroatoms. The van der Waals surface area contributed by atoms with Gasteiger partial charge in [0.2, 0.25) is 12.2 Å². The van der Waals surface area contributed by atoms with Crippen molar-refractivity contribution in [1.29, 1.82) is 0 Å². The van der Waals surface area contributed by atoms with Gasteiger partial charge in [0.05, 0.1) is 15.7 Å². The van der Waals surface area contributed by atoms with Crippen LogP contribution in [0.25, 0.3) is 10.9 Å². The van der Waals surface area contributed by atoms with Crippen LogP contribution in [-0.4, -0.2) is 35.0 Å². The summed E-state index contributed by atoms with van der Waals surface area (Å²) in [5.41, 5.74) is 5.52. The number of pyridine rings is 1. The third kappa shape index (κ3) is 5.27. The van der Waals surface area contributed by atoms with E-state index in [-0.39, 0.29) is 27.1 Å². The summed E-state index contributed by atoms with van der Waals surface area (Å²) in [6.45, 7) is 0. The number of aromatic nitrogens is 3. The summed E-state index contributed by atoms with van der Waals surface area (Å²) >= 11 is 0. The highest BCUT2D eigenvalue weighted by molar-refractivity contribution is 7.92. The highest BCUT2D eigenvalue weighted by Crippen LogP contribution is 2.34. The number of aromatic amines is 1. The SMILES string of the molecule is NC(=O)c1ccc(NC(=O)C(CC2CCCCC2)n2c[nH+]c3cc(S(=O)(=O)C4CC4)ccc3c2=O)nc1. The smallest absolute Gasteiger partial charge is 0.345 e. The summed E-state index contributed by atoms with van der Waals surface area (Å²) in [7, 11) is -3.40. The highest BCUT2D eigenvalue weighted by atomic mass is 32.2. The van der Waals surface area contributed by atoms with Gasteiger partial charge in [0, 0.05) is 18.7 Å². The second kappa shape index (κ2) is 10.0. The van der Waals surface area contributed by atoms with Crippen LogP contribution in [0.1, 0.15) is 67.8 Å². The Balaban J connectivity index is 1.48. The summed E-state index contributed by atoms with van der Waals surface area (Å²) in [6, 6.07) is 6.64. The molecule has 2 heterocycles. The lowest BCUT2D eigenvalue weighted by Gasteiger charge is -2.24. The average Bonchev–Trinajstić information content (AvgIpc) is 3.75. The van der Waals surface area contributed by atoms with Crippen LogP contribution in [0.15, 0.2) is 52.5 Å². The number of anilines is 1. The number of nitrogens with two attached hydrogens (primary N) is 1. The summed E-state index contributed by atoms with van der Waals surface area (Å²) in [5, 5.41) is 2.73. The van der Waals surface area contributed by atoms with Crippen molar-refractivity contribution in [3.05, 3.63) is 58.8 Å². The molecule has 2 amide bonds. The fourth-order valence-corrected chi connectivity index (χ4v) is 6.74. The number of nitrogens with one attached hydrogen (secondary N) is 2. The van der Waals surface area contributed by atoms with Crippen molar-refractivity contribution in [3.63, 3.8) is 0 Å². The van der Waals surface area contributed by atoms with Gasteiger partial charge in [0.25, 0.3) is 5.91 Å². The molecule has 1 unspecified atom stereocenters. The van der Waals surface area contributed by atoms with Crippen LogP contribution in [0.4, 0.5) is 5.82 Å². The minimum Gasteiger partial charge on any atom is -0.366 e. The van der Waals surface area contributed by atoms with Crippen molar-refractivity contribution in [2.24, 2.45) is 11.7 Å². The topological polar surface area (TPSA) is 155 Å². The van der Waals surface area contributed by atoms with Gasteiger partial charge in [0.1, 0.15) is 16.7 Å². The van der Waals surface area contributed by atoms with Gasteiger partial charge in [-0.1, -0.05) is 32.1 Å². The molecule has 0 spiro atoms. The molecule has 1 aromatic carbocycles. The molecule has 3 aromatic rings. The molecule has 2 aromatic heterocycles. The van der Waals surface area contributed by atoms with Gasteiger partial charge in [-0.15, -0.1) is 0 Å². The quantitative estimate of drug-likeness (QED) is 0.461. The Hall–Kier alpha value is -3.60. The third-order valence-corrected chi connectivity index (χ3v) is 9.59. The number of carbonyl (C=O) groups excluding carboxylic acids is 2. The van der Waals surface area contributed by atoms with Gasteiger partial charge in [-0.2, -0.15) is 4.57 Å². The number of primary amides is 1. The lowest BCUT2D eigenvalue weighted by molar-refractivity contribution is -0.353. The fraction of sp³-hybridized carbons (Fsp3) is 0.423. The molecule has 194 valence electrons. The minimum absolute atomic E-state index is 0.192. The van der Waals surface area contributed by atoms with Gasteiger partial charge >= 0.3 is 5.56 Å². The maximum Gasteiger partial charge on any atom is 0.345 e. The van der Waals surface area contributed by atoms with Crippen molar-refractivity contribution in [2.45, 2.75) is 67.6 Å². The fourth-order valence-electron chi connectivity index (χ4n) is 5.05. The second-order valence-corrected chi connectivity index (χ2v) is 12.2. The standard InChI is InChI=1S/C26H29N5O5S/c27-24(32)17-6-11-23(28-14-17)30-25(33)22(12-16-4-2-1-3-5-16)31-15-29-21-13-19(9-10-20(21)26(31)34)37(35,36)18-7-8-18/h6,9-11,13-16,18,22H,1-5,7-8,12H2,(H2,27,32)(H,28,30,33)/p+1. The normalized spacial score (nSPS) is 17.4. The molecule has 4 N–H and O–H groups in total. The number of benzene rings is 1. The Labute approximate surface area is 214 Å². The molecule has 2 aliphatic carbocycles. The minimum atomic E-state index is -3.40. The number of H-pyrrole nitrogens is 1. The van der Waals surface area contributed by atoms with E-state index in [0.717, 1.165) is 25.7 Å². The van der Waals surface area contributed by atoms with Crippen molar-refractivity contribution in [3.8, 4) is 0 Å². The van der Waals surface area contributed by atoms with E-state index in [1.54, 1.807) is 0 Å². The highest BCUT2D eigenvalue weighted by Gasteiger charge is 2.37. The molecule has 5 rings (SSSR count). The number of sulfone groups is 1. The first-order valence-corrected chi connectivity index (χ1v) is 14.2. The van der Waals surface area contributed by atoms with Crippen LogP contribution in [0, 0.1) is 5.92 Å². The summed E-state index contributed by atoms with van der Waals surface area (Å²) in [5.74, 6) is -0.473. The largest absolute Gasteiger partial charge is 0.366 e. The Morgan fingerprint density at radius 3 is 2.51 bits per heavy atom. The van der Waals surface area contributed by atoms with Crippen molar-refractivity contribution in [1.82, 2.24) is 9.55 Å². The van der Waals surface area contributed by atoms with Gasteiger partial charge in [-0.25, -0.2) is 23.2 Å². The molecule has 2 aliphatic rings. The van der Waals surface area contributed by atoms with Crippen LogP contribution >= 0.6 is 0 Å². The van der Waals surface area contributed by atoms with E-state index in [2.05, 4.69) is 15.3 Å². The first-order chi connectivity index (χ1) is 17.7. The lowest BCUT2D eigenvalue weighted by atomic mass is 9.84. The summed E-state index contributed by atoms with van der Waals surface area (Å²) < 4.78 is 26.7. The first-order valence-electron chi connectivity index (χ1n) is 12.6. The lowest BCUT2D eigenvalue weighted by Crippen LogP contribution is -2.37. The zero-order valence-corrected chi connectivity index (χ0v) is 21.2. The van der Waals surface area contributed by atoms with Crippen LogP contribution < -0.4 is 21.6 Å². The number of nitrogens with zero attached hydrogens (tertiary/aromatic N) is 2. The number of hydrogen-bond donors (Lipinski definition) is 2. The monoisotopic (exact) mass is 524 g/mol. The number of fused-ring (bicyclic) bond motifs is 1. The van der Waals surface area contributed by atoms with Crippen LogP contribution in [0.5, 0.6) is 0 Å². The molecule has 10 nitrogen and oxygen atoms in total. The van der Waals surface area contributed by atoms with E-state index >= 15 is 0 Å². The maximum atomic E-state index is 13.5. The summed E-state index contributed by atoms with van der Waals surface area (Å²) in [4.78, 5) is 45.7. The number of rotatable bonds is 8. The Morgan fingerprint density at radius 2 is 1.86 bits per heavy atom. The first kappa shape index (κ1) is 25.1. The maximum absolute atomic E-state index is 13.5. The average molecular weight is 525 g/mol. The van der Waals surface area contributed by atoms with E-state index < -0.39 is 27.7 Å². The Bertz CT molecular complexity index is 1510. The second-order valence-electron chi connectivity index (χ2n) is 9.98. The molecule has 2 fully saturated rings. The van der Waals surface area contributed by atoms with E-state index in [4.69, 9.17) is 5.73 Å². The molecule has 37 heavy (non-hydrogen) atoms. The molecule has 0 aliphatic heterocycles. The number of amides is 2. The molecule has 1 atom stereocenters. The molecule has 0 saturated heterocycles. The molecular formula is C26H30N5O5S+. The third-order valence-electron chi connectivity index (χ3n) is 7.33. The molecular weight excluding hydrogens is 494 g/mol. The predicted octanol–water partition coefficient (Wildman–Crippen LogP) is 2.40. The van der Waals surface area contributed by atoms with Crippen LogP contribution in [0.3, 0.4) is 0 Å². The van der Waals surface area contributed by atoms with Gasteiger partial charge in [-0.3, -0.25) is 9.59 Å². The van der Waals surface area contributed by atoms with E-state index in [9.17, 15) is 22.8 Å². The molecule has 0 bridgehead atoms. The van der Waals surface area contributed by atoms with Crippen molar-refractivity contribution >= 4 is 38.4 Å². The van der Waals surface area contributed by atoms with E-state index in [1.165, 1.54) is 53.8 Å². The van der Waals surface area contributed by atoms with Crippen LogP contribution in [-0.2, 0) is 14.6 Å². The zero-order chi connectivity index (χ0) is 26.2. The van der Waals surface area contributed by atoms with E-state index in [0.29, 0.717) is 36.1 Å². The van der Waals surface area contributed by atoms with Crippen LogP contribution in [0.2, 0.25) is 0 Å². The van der Waals surface area contributed by atoms with Crippen molar-refractivity contribution < 1.29 is 23.0 Å². The zero-order valence-electron chi connectivity index (χ0n) is 20.4. The number of carbonyl (C=O) groups is 2. The molecule has 0 radical (unpaired) electrons. The Morgan fingerprint density at radius 1 is 1.11 bits per heavy atom. The van der Waals surface area contributed by atoms with Crippen molar-refractivity contribution in [2.75, 3.05) is 5.32 Å². The Kier molecular flexibility index (Phi) is 6.80.